The van der Waals surface area contributed by atoms with Crippen LogP contribution in [-0.4, -0.2) is 31.2 Å². The van der Waals surface area contributed by atoms with E-state index in [1.807, 2.05) is 12.1 Å². The van der Waals surface area contributed by atoms with Gasteiger partial charge >= 0.3 is 0 Å². The van der Waals surface area contributed by atoms with Gasteiger partial charge in [0.05, 0.1) is 4.90 Å². The molecule has 0 N–H and O–H groups in total. The molecule has 19 heavy (non-hydrogen) atoms. The van der Waals surface area contributed by atoms with Gasteiger partial charge in [-0.05, 0) is 36.5 Å². The molecule has 1 saturated heterocycles. The molecule has 0 aliphatic carbocycles. The molecule has 2 rings (SSSR count). The number of rotatable bonds is 4. The van der Waals surface area contributed by atoms with Gasteiger partial charge in [0.1, 0.15) is 0 Å². The zero-order chi connectivity index (χ0) is 14.0. The molecule has 5 heteroatoms. The first-order valence-corrected chi connectivity index (χ1v) is 8.62. The van der Waals surface area contributed by atoms with E-state index in [0.29, 0.717) is 23.2 Å². The lowest BCUT2D eigenvalue weighted by Crippen LogP contribution is -2.36. The van der Waals surface area contributed by atoms with Gasteiger partial charge in [-0.1, -0.05) is 26.0 Å². The van der Waals surface area contributed by atoms with Gasteiger partial charge < -0.3 is 0 Å². The molecule has 0 saturated carbocycles. The van der Waals surface area contributed by atoms with E-state index in [0.717, 1.165) is 18.4 Å². The first-order chi connectivity index (χ1) is 8.96. The zero-order valence-corrected chi connectivity index (χ0v) is 12.9. The third kappa shape index (κ3) is 2.96. The van der Waals surface area contributed by atoms with Crippen molar-refractivity contribution in [1.82, 2.24) is 4.31 Å². The van der Waals surface area contributed by atoms with Crippen LogP contribution in [0.25, 0.3) is 0 Å². The van der Waals surface area contributed by atoms with Crippen molar-refractivity contribution in [2.24, 2.45) is 0 Å². The summed E-state index contributed by atoms with van der Waals surface area (Å²) in [6, 6.07) is 7.13. The predicted molar refractivity (Wildman–Crippen MR) is 78.2 cm³/mol. The zero-order valence-electron chi connectivity index (χ0n) is 11.3. The highest BCUT2D eigenvalue weighted by Gasteiger charge is 2.34. The Kier molecular flexibility index (Phi) is 4.54. The topological polar surface area (TPSA) is 37.4 Å². The summed E-state index contributed by atoms with van der Waals surface area (Å²) in [5.74, 6) is 0.766. The molecule has 1 aliphatic rings. The maximum atomic E-state index is 12.6. The number of hydrogen-bond acceptors (Lipinski definition) is 2. The van der Waals surface area contributed by atoms with Crippen molar-refractivity contribution < 1.29 is 8.42 Å². The second-order valence-corrected chi connectivity index (χ2v) is 7.49. The minimum atomic E-state index is -3.39. The average Bonchev–Trinajstić information content (AvgIpc) is 2.87. The van der Waals surface area contributed by atoms with Gasteiger partial charge in [-0.25, -0.2) is 8.42 Å². The van der Waals surface area contributed by atoms with Crippen molar-refractivity contribution in [2.75, 3.05) is 12.4 Å². The fourth-order valence-electron chi connectivity index (χ4n) is 2.44. The molecule has 0 amide bonds. The Hall–Kier alpha value is -0.580. The summed E-state index contributed by atoms with van der Waals surface area (Å²) < 4.78 is 26.7. The van der Waals surface area contributed by atoms with Crippen LogP contribution in [0.5, 0.6) is 0 Å². The quantitative estimate of drug-likeness (QED) is 0.801. The van der Waals surface area contributed by atoms with Crippen molar-refractivity contribution in [3.05, 3.63) is 29.8 Å². The molecule has 106 valence electrons. The van der Waals surface area contributed by atoms with Crippen molar-refractivity contribution in [3.8, 4) is 0 Å². The van der Waals surface area contributed by atoms with E-state index in [2.05, 4.69) is 13.8 Å². The Morgan fingerprint density at radius 2 is 1.95 bits per heavy atom. The Bertz CT molecular complexity index is 525. The van der Waals surface area contributed by atoms with Crippen LogP contribution in [-0.2, 0) is 10.0 Å². The molecule has 3 nitrogen and oxygen atoms in total. The third-order valence-corrected chi connectivity index (χ3v) is 5.98. The molecule has 0 radical (unpaired) electrons. The highest BCUT2D eigenvalue weighted by atomic mass is 35.5. The van der Waals surface area contributed by atoms with E-state index in [1.54, 1.807) is 16.4 Å². The predicted octanol–water partition coefficient (Wildman–Crippen LogP) is 3.20. The Labute approximate surface area is 120 Å². The van der Waals surface area contributed by atoms with E-state index in [4.69, 9.17) is 11.6 Å². The monoisotopic (exact) mass is 301 g/mol. The number of hydrogen-bond donors (Lipinski definition) is 0. The fourth-order valence-corrected chi connectivity index (χ4v) is 4.54. The molecule has 0 unspecified atom stereocenters. The summed E-state index contributed by atoms with van der Waals surface area (Å²) in [4.78, 5) is 0.369. The number of halogens is 1. The van der Waals surface area contributed by atoms with Crippen molar-refractivity contribution in [1.29, 1.82) is 0 Å². The molecule has 0 bridgehead atoms. The molecule has 1 aromatic carbocycles. The lowest BCUT2D eigenvalue weighted by atomic mass is 10.0. The average molecular weight is 302 g/mol. The van der Waals surface area contributed by atoms with Crippen molar-refractivity contribution in [3.63, 3.8) is 0 Å². The first-order valence-electron chi connectivity index (χ1n) is 6.64. The van der Waals surface area contributed by atoms with E-state index in [-0.39, 0.29) is 6.04 Å². The van der Waals surface area contributed by atoms with E-state index in [1.165, 1.54) is 0 Å². The van der Waals surface area contributed by atoms with Crippen LogP contribution in [0.4, 0.5) is 0 Å². The van der Waals surface area contributed by atoms with Crippen LogP contribution in [0.1, 0.15) is 38.2 Å². The van der Waals surface area contributed by atoms with Gasteiger partial charge in [0, 0.05) is 18.5 Å². The van der Waals surface area contributed by atoms with Gasteiger partial charge in [-0.2, -0.15) is 4.31 Å². The normalized spacial score (nSPS) is 21.2. The van der Waals surface area contributed by atoms with Crippen LogP contribution in [0.2, 0.25) is 0 Å². The molecule has 0 spiro atoms. The molecule has 0 aromatic heterocycles. The fraction of sp³-hybridized carbons (Fsp3) is 0.571. The second kappa shape index (κ2) is 5.81. The van der Waals surface area contributed by atoms with Crippen LogP contribution in [0, 0.1) is 0 Å². The van der Waals surface area contributed by atoms with Crippen LogP contribution >= 0.6 is 11.6 Å². The number of sulfonamides is 1. The Balaban J connectivity index is 2.29. The van der Waals surface area contributed by atoms with E-state index in [9.17, 15) is 8.42 Å². The third-order valence-electron chi connectivity index (χ3n) is 3.65. The maximum Gasteiger partial charge on any atom is 0.243 e. The van der Waals surface area contributed by atoms with Gasteiger partial charge in [0.2, 0.25) is 10.0 Å². The van der Waals surface area contributed by atoms with Crippen LogP contribution in [0.15, 0.2) is 29.2 Å². The number of alkyl halides is 1. The molecule has 1 aromatic rings. The number of nitrogens with zero attached hydrogens (tertiary/aromatic N) is 1. The van der Waals surface area contributed by atoms with Gasteiger partial charge in [-0.3, -0.25) is 0 Å². The summed E-state index contributed by atoms with van der Waals surface area (Å²) >= 11 is 5.86. The SMILES string of the molecule is CC(C)c1ccc(S(=O)(=O)N2CCC[C@H]2CCl)cc1. The summed E-state index contributed by atoms with van der Waals surface area (Å²) in [7, 11) is -3.39. The molecule has 1 atom stereocenters. The largest absolute Gasteiger partial charge is 0.243 e. The molecular formula is C14H20ClNO2S. The minimum absolute atomic E-state index is 0.0589. The van der Waals surface area contributed by atoms with Crippen LogP contribution in [0.3, 0.4) is 0 Å². The Morgan fingerprint density at radius 1 is 1.32 bits per heavy atom. The minimum Gasteiger partial charge on any atom is -0.207 e. The van der Waals surface area contributed by atoms with Gasteiger partial charge in [0.15, 0.2) is 0 Å². The molecule has 1 fully saturated rings. The standard InChI is InChI=1S/C14H20ClNO2S/c1-11(2)12-5-7-14(8-6-12)19(17,18)16-9-3-4-13(16)10-15/h5-8,11,13H,3-4,9-10H2,1-2H3/t13-/m0/s1. The van der Waals surface area contributed by atoms with Crippen LogP contribution < -0.4 is 0 Å². The van der Waals surface area contributed by atoms with Gasteiger partial charge in [0.25, 0.3) is 0 Å². The molecule has 1 heterocycles. The smallest absolute Gasteiger partial charge is 0.207 e. The molecular weight excluding hydrogens is 282 g/mol. The van der Waals surface area contributed by atoms with Crippen molar-refractivity contribution in [2.45, 2.75) is 43.5 Å². The molecule has 1 aliphatic heterocycles. The first kappa shape index (κ1) is 14.8. The summed E-state index contributed by atoms with van der Waals surface area (Å²) in [5, 5.41) is 0. The second-order valence-electron chi connectivity index (χ2n) is 5.29. The van der Waals surface area contributed by atoms with E-state index < -0.39 is 10.0 Å². The summed E-state index contributed by atoms with van der Waals surface area (Å²) in [5.41, 5.74) is 1.15. The highest BCUT2D eigenvalue weighted by molar-refractivity contribution is 7.89. The highest BCUT2D eigenvalue weighted by Crippen LogP contribution is 2.27. The summed E-state index contributed by atoms with van der Waals surface area (Å²) in [6.45, 7) is 4.76. The van der Waals surface area contributed by atoms with E-state index >= 15 is 0 Å². The number of benzene rings is 1. The summed E-state index contributed by atoms with van der Waals surface area (Å²) in [6.07, 6.45) is 1.74. The maximum absolute atomic E-state index is 12.6. The van der Waals surface area contributed by atoms with Gasteiger partial charge in [-0.15, -0.1) is 11.6 Å². The lowest BCUT2D eigenvalue weighted by molar-refractivity contribution is 0.411. The lowest BCUT2D eigenvalue weighted by Gasteiger charge is -2.22. The van der Waals surface area contributed by atoms with Crippen molar-refractivity contribution >= 4 is 21.6 Å². The Morgan fingerprint density at radius 3 is 2.47 bits per heavy atom.